The fourth-order valence-electron chi connectivity index (χ4n) is 1.57. The molecule has 5 heteroatoms. The molecule has 0 saturated carbocycles. The van der Waals surface area contributed by atoms with Crippen LogP contribution in [0, 0.1) is 6.92 Å². The Balaban J connectivity index is 2.77. The van der Waals surface area contributed by atoms with Crippen molar-refractivity contribution >= 4 is 17.7 Å². The molecule has 1 rings (SSSR count). The van der Waals surface area contributed by atoms with Gasteiger partial charge in [-0.25, -0.2) is 4.79 Å². The van der Waals surface area contributed by atoms with Gasteiger partial charge in [0.1, 0.15) is 0 Å². The molecule has 0 atom stereocenters. The summed E-state index contributed by atoms with van der Waals surface area (Å²) >= 11 is 0. The van der Waals surface area contributed by atoms with Crippen LogP contribution in [0.25, 0.3) is 0 Å². The average molecular weight is 250 g/mol. The van der Waals surface area contributed by atoms with Crippen LogP contribution in [0.3, 0.4) is 0 Å². The third-order valence-electron chi connectivity index (χ3n) is 2.58. The van der Waals surface area contributed by atoms with Crippen molar-refractivity contribution in [3.8, 4) is 0 Å². The first kappa shape index (κ1) is 13.9. The molecule has 0 heterocycles. The minimum Gasteiger partial charge on any atom is -0.481 e. The first-order valence-electron chi connectivity index (χ1n) is 5.50. The third-order valence-corrected chi connectivity index (χ3v) is 2.58. The van der Waals surface area contributed by atoms with E-state index in [9.17, 15) is 14.4 Å². The SMILES string of the molecule is Cc1ccc(C(=O)CCCC(=O)O)cc1C(=O)O. The lowest BCUT2D eigenvalue weighted by molar-refractivity contribution is -0.137. The van der Waals surface area contributed by atoms with E-state index in [-0.39, 0.29) is 30.6 Å². The summed E-state index contributed by atoms with van der Waals surface area (Å²) in [4.78, 5) is 33.0. The summed E-state index contributed by atoms with van der Waals surface area (Å²) < 4.78 is 0. The predicted molar refractivity (Wildman–Crippen MR) is 64.0 cm³/mol. The van der Waals surface area contributed by atoms with Crippen LogP contribution in [0.4, 0.5) is 0 Å². The highest BCUT2D eigenvalue weighted by atomic mass is 16.4. The number of rotatable bonds is 6. The Morgan fingerprint density at radius 2 is 1.78 bits per heavy atom. The van der Waals surface area contributed by atoms with E-state index in [1.807, 2.05) is 0 Å². The van der Waals surface area contributed by atoms with Crippen molar-refractivity contribution in [1.82, 2.24) is 0 Å². The van der Waals surface area contributed by atoms with Gasteiger partial charge in [0.2, 0.25) is 0 Å². The maximum atomic E-state index is 11.7. The molecule has 0 unspecified atom stereocenters. The van der Waals surface area contributed by atoms with Crippen LogP contribution in [0.5, 0.6) is 0 Å². The molecule has 5 nitrogen and oxygen atoms in total. The van der Waals surface area contributed by atoms with E-state index in [1.165, 1.54) is 6.07 Å². The molecule has 0 aliphatic heterocycles. The second kappa shape index (κ2) is 5.95. The molecule has 1 aromatic carbocycles. The van der Waals surface area contributed by atoms with Gasteiger partial charge in [-0.15, -0.1) is 0 Å². The van der Waals surface area contributed by atoms with Crippen LogP contribution < -0.4 is 0 Å². The van der Waals surface area contributed by atoms with E-state index in [2.05, 4.69) is 0 Å². The summed E-state index contributed by atoms with van der Waals surface area (Å²) in [5.74, 6) is -2.26. The van der Waals surface area contributed by atoms with Gasteiger partial charge >= 0.3 is 11.9 Å². The Labute approximate surface area is 104 Å². The Morgan fingerprint density at radius 1 is 1.11 bits per heavy atom. The Morgan fingerprint density at radius 3 is 2.33 bits per heavy atom. The normalized spacial score (nSPS) is 10.1. The van der Waals surface area contributed by atoms with Gasteiger partial charge in [-0.2, -0.15) is 0 Å². The van der Waals surface area contributed by atoms with Gasteiger partial charge < -0.3 is 10.2 Å². The average Bonchev–Trinajstić information content (AvgIpc) is 2.28. The van der Waals surface area contributed by atoms with Crippen LogP contribution in [-0.4, -0.2) is 27.9 Å². The van der Waals surface area contributed by atoms with Crippen molar-refractivity contribution in [2.45, 2.75) is 26.2 Å². The summed E-state index contributed by atoms with van der Waals surface area (Å²) in [6, 6.07) is 4.47. The van der Waals surface area contributed by atoms with Crippen molar-refractivity contribution in [3.05, 3.63) is 34.9 Å². The first-order valence-corrected chi connectivity index (χ1v) is 5.50. The van der Waals surface area contributed by atoms with Crippen molar-refractivity contribution in [2.24, 2.45) is 0 Å². The van der Waals surface area contributed by atoms with E-state index in [1.54, 1.807) is 19.1 Å². The van der Waals surface area contributed by atoms with Crippen molar-refractivity contribution in [2.75, 3.05) is 0 Å². The highest BCUT2D eigenvalue weighted by molar-refractivity contribution is 5.99. The van der Waals surface area contributed by atoms with Gasteiger partial charge in [0.05, 0.1) is 5.56 Å². The Hall–Kier alpha value is -2.17. The number of hydrogen-bond donors (Lipinski definition) is 2. The van der Waals surface area contributed by atoms with Gasteiger partial charge in [-0.3, -0.25) is 9.59 Å². The van der Waals surface area contributed by atoms with E-state index in [0.717, 1.165) is 0 Å². The third kappa shape index (κ3) is 3.69. The van der Waals surface area contributed by atoms with Crippen LogP contribution >= 0.6 is 0 Å². The predicted octanol–water partition coefficient (Wildman–Crippen LogP) is 2.13. The Kier molecular flexibility index (Phi) is 4.59. The number of benzene rings is 1. The van der Waals surface area contributed by atoms with Gasteiger partial charge in [-0.05, 0) is 25.0 Å². The molecule has 1 aromatic rings. The molecule has 0 aliphatic rings. The zero-order valence-corrected chi connectivity index (χ0v) is 9.97. The topological polar surface area (TPSA) is 91.7 Å². The van der Waals surface area contributed by atoms with Crippen molar-refractivity contribution in [1.29, 1.82) is 0 Å². The zero-order valence-electron chi connectivity index (χ0n) is 9.97. The summed E-state index contributed by atoms with van der Waals surface area (Å²) in [7, 11) is 0. The number of carbonyl (C=O) groups excluding carboxylic acids is 1. The quantitative estimate of drug-likeness (QED) is 0.754. The number of carboxylic acid groups (broad SMARTS) is 2. The molecule has 0 spiro atoms. The van der Waals surface area contributed by atoms with Gasteiger partial charge in [0, 0.05) is 18.4 Å². The van der Waals surface area contributed by atoms with Crippen LogP contribution in [0.1, 0.15) is 45.5 Å². The lowest BCUT2D eigenvalue weighted by Crippen LogP contribution is -2.06. The molecule has 0 amide bonds. The highest BCUT2D eigenvalue weighted by Crippen LogP contribution is 2.14. The number of aryl methyl sites for hydroxylation is 1. The summed E-state index contributed by atoms with van der Waals surface area (Å²) in [5.41, 5.74) is 0.993. The van der Waals surface area contributed by atoms with Crippen molar-refractivity contribution < 1.29 is 24.6 Å². The summed E-state index contributed by atoms with van der Waals surface area (Å²) in [5, 5.41) is 17.4. The van der Waals surface area contributed by atoms with Crippen LogP contribution in [0.15, 0.2) is 18.2 Å². The molecule has 0 saturated heterocycles. The summed E-state index contributed by atoms with van der Waals surface area (Å²) in [6.07, 6.45) is 0.294. The molecule has 18 heavy (non-hydrogen) atoms. The summed E-state index contributed by atoms with van der Waals surface area (Å²) in [6.45, 7) is 1.65. The van der Waals surface area contributed by atoms with Gasteiger partial charge in [0.15, 0.2) is 5.78 Å². The maximum absolute atomic E-state index is 11.7. The molecule has 2 N–H and O–H groups in total. The van der Waals surface area contributed by atoms with Gasteiger partial charge in [0.25, 0.3) is 0 Å². The number of aromatic carboxylic acids is 1. The number of Topliss-reactive ketones (excluding diaryl/α,β-unsaturated/α-hetero) is 1. The second-order valence-electron chi connectivity index (χ2n) is 4.01. The zero-order chi connectivity index (χ0) is 13.7. The fourth-order valence-corrected chi connectivity index (χ4v) is 1.57. The largest absolute Gasteiger partial charge is 0.481 e. The number of hydrogen-bond acceptors (Lipinski definition) is 3. The molecule has 96 valence electrons. The second-order valence-corrected chi connectivity index (χ2v) is 4.01. The highest BCUT2D eigenvalue weighted by Gasteiger charge is 2.12. The number of carboxylic acids is 2. The van der Waals surface area contributed by atoms with E-state index >= 15 is 0 Å². The molecule has 0 bridgehead atoms. The maximum Gasteiger partial charge on any atom is 0.335 e. The lowest BCUT2D eigenvalue weighted by Gasteiger charge is -2.04. The number of ketones is 1. The standard InChI is InChI=1S/C13H14O5/c1-8-5-6-9(7-10(8)13(17)18)11(14)3-2-4-12(15)16/h5-7H,2-4H2,1H3,(H,15,16)(H,17,18). The van der Waals surface area contributed by atoms with Crippen molar-refractivity contribution in [3.63, 3.8) is 0 Å². The van der Waals surface area contributed by atoms with E-state index in [0.29, 0.717) is 11.1 Å². The molecule has 0 fully saturated rings. The number of carbonyl (C=O) groups is 3. The molecule has 0 radical (unpaired) electrons. The number of aliphatic carboxylic acids is 1. The van der Waals surface area contributed by atoms with Crippen LogP contribution in [0.2, 0.25) is 0 Å². The minimum absolute atomic E-state index is 0.0661. The first-order chi connectivity index (χ1) is 8.41. The molecule has 0 aliphatic carbocycles. The fraction of sp³-hybridized carbons (Fsp3) is 0.308. The molecular weight excluding hydrogens is 236 g/mol. The lowest BCUT2D eigenvalue weighted by atomic mass is 10.00. The smallest absolute Gasteiger partial charge is 0.335 e. The molecule has 0 aromatic heterocycles. The monoisotopic (exact) mass is 250 g/mol. The molecular formula is C13H14O5. The van der Waals surface area contributed by atoms with E-state index in [4.69, 9.17) is 10.2 Å². The van der Waals surface area contributed by atoms with E-state index < -0.39 is 11.9 Å². The van der Waals surface area contributed by atoms with Gasteiger partial charge in [-0.1, -0.05) is 12.1 Å². The minimum atomic E-state index is -1.08. The van der Waals surface area contributed by atoms with Crippen LogP contribution in [-0.2, 0) is 4.79 Å². The Bertz CT molecular complexity index is 490.